The first-order chi connectivity index (χ1) is 9.46. The van der Waals surface area contributed by atoms with Crippen LogP contribution in [0.2, 0.25) is 0 Å². The summed E-state index contributed by atoms with van der Waals surface area (Å²) in [5.74, 6) is 0. The van der Waals surface area contributed by atoms with E-state index in [-0.39, 0.29) is 18.9 Å². The molecule has 0 atom stereocenters. The van der Waals surface area contributed by atoms with Crippen LogP contribution in [0.15, 0.2) is 24.3 Å². The summed E-state index contributed by atoms with van der Waals surface area (Å²) in [5.41, 5.74) is 0.220. The average molecular weight is 283 g/mol. The van der Waals surface area contributed by atoms with Crippen LogP contribution in [0.5, 0.6) is 0 Å². The Morgan fingerprint density at radius 3 is 2.65 bits per heavy atom. The molecule has 6 heteroatoms. The summed E-state index contributed by atoms with van der Waals surface area (Å²) in [7, 11) is 0. The van der Waals surface area contributed by atoms with Gasteiger partial charge in [0.25, 0.3) is 5.69 Å². The van der Waals surface area contributed by atoms with Crippen LogP contribution in [-0.4, -0.2) is 35.5 Å². The second-order valence-electron chi connectivity index (χ2n) is 5.02. The third-order valence-electron chi connectivity index (χ3n) is 2.88. The Hall–Kier alpha value is -1.50. The Balaban J connectivity index is 2.33. The van der Waals surface area contributed by atoms with Crippen LogP contribution < -0.4 is 0 Å². The Bertz CT molecular complexity index is 433. The van der Waals surface area contributed by atoms with Crippen LogP contribution in [0.4, 0.5) is 5.69 Å². The fourth-order valence-electron chi connectivity index (χ4n) is 1.71. The van der Waals surface area contributed by atoms with Gasteiger partial charge in [-0.1, -0.05) is 12.1 Å². The van der Waals surface area contributed by atoms with Gasteiger partial charge in [0.05, 0.1) is 35.9 Å². The minimum absolute atomic E-state index is 0.0639. The molecule has 0 saturated carbocycles. The number of nitro benzene ring substituents is 1. The van der Waals surface area contributed by atoms with Gasteiger partial charge < -0.3 is 14.6 Å². The molecule has 0 aromatic heterocycles. The number of ether oxygens (including phenoxy) is 2. The molecule has 0 aliphatic heterocycles. The standard InChI is InChI=1S/C14H21NO5/c1-14(2,7-8-16)20-10-9-19-11-12-5-3-4-6-13(12)15(17)18/h3-6,16H,7-11H2,1-2H3. The molecule has 1 aromatic rings. The van der Waals surface area contributed by atoms with Crippen LogP contribution in [0, 0.1) is 10.1 Å². The van der Waals surface area contributed by atoms with E-state index in [1.54, 1.807) is 18.2 Å². The van der Waals surface area contributed by atoms with Gasteiger partial charge in [0.2, 0.25) is 0 Å². The van der Waals surface area contributed by atoms with Crippen LogP contribution in [0.1, 0.15) is 25.8 Å². The number of benzene rings is 1. The van der Waals surface area contributed by atoms with E-state index in [9.17, 15) is 10.1 Å². The van der Waals surface area contributed by atoms with Crippen molar-refractivity contribution in [2.75, 3.05) is 19.8 Å². The fraction of sp³-hybridized carbons (Fsp3) is 0.571. The first-order valence-corrected chi connectivity index (χ1v) is 6.51. The van der Waals surface area contributed by atoms with E-state index in [0.717, 1.165) is 0 Å². The van der Waals surface area contributed by atoms with Gasteiger partial charge in [0, 0.05) is 12.7 Å². The van der Waals surface area contributed by atoms with Crippen LogP contribution in [0.3, 0.4) is 0 Å². The van der Waals surface area contributed by atoms with Crippen molar-refractivity contribution in [1.29, 1.82) is 0 Å². The largest absolute Gasteiger partial charge is 0.396 e. The highest BCUT2D eigenvalue weighted by Gasteiger charge is 2.17. The van der Waals surface area contributed by atoms with Gasteiger partial charge in [0.1, 0.15) is 0 Å². The second-order valence-corrected chi connectivity index (χ2v) is 5.02. The molecule has 6 nitrogen and oxygen atoms in total. The van der Waals surface area contributed by atoms with Crippen molar-refractivity contribution in [3.8, 4) is 0 Å². The normalized spacial score (nSPS) is 11.6. The number of hydrogen-bond acceptors (Lipinski definition) is 5. The summed E-state index contributed by atoms with van der Waals surface area (Å²) in [6.07, 6.45) is 0.553. The highest BCUT2D eigenvalue weighted by atomic mass is 16.6. The van der Waals surface area contributed by atoms with Crippen LogP contribution >= 0.6 is 0 Å². The zero-order valence-electron chi connectivity index (χ0n) is 11.9. The molecule has 1 rings (SSSR count). The SMILES string of the molecule is CC(C)(CCO)OCCOCc1ccccc1[N+](=O)[O-]. The van der Waals surface area contributed by atoms with Gasteiger partial charge >= 0.3 is 0 Å². The van der Waals surface area contributed by atoms with Crippen molar-refractivity contribution in [1.82, 2.24) is 0 Å². The molecular weight excluding hydrogens is 262 g/mol. The molecule has 1 N–H and O–H groups in total. The highest BCUT2D eigenvalue weighted by Crippen LogP contribution is 2.18. The lowest BCUT2D eigenvalue weighted by Crippen LogP contribution is -2.27. The molecule has 112 valence electrons. The second kappa shape index (κ2) is 7.94. The van der Waals surface area contributed by atoms with Crippen molar-refractivity contribution in [2.24, 2.45) is 0 Å². The van der Waals surface area contributed by atoms with Gasteiger partial charge in [-0.2, -0.15) is 0 Å². The minimum atomic E-state index is -0.417. The maximum atomic E-state index is 10.8. The van der Waals surface area contributed by atoms with Gasteiger partial charge in [-0.05, 0) is 26.3 Å². The van der Waals surface area contributed by atoms with Crippen molar-refractivity contribution in [2.45, 2.75) is 32.5 Å². The van der Waals surface area contributed by atoms with Crippen molar-refractivity contribution >= 4 is 5.69 Å². The zero-order valence-corrected chi connectivity index (χ0v) is 11.9. The monoisotopic (exact) mass is 283 g/mol. The molecule has 0 amide bonds. The van der Waals surface area contributed by atoms with Crippen LogP contribution in [0.25, 0.3) is 0 Å². The summed E-state index contributed by atoms with van der Waals surface area (Å²) in [6, 6.07) is 6.50. The van der Waals surface area contributed by atoms with E-state index in [0.29, 0.717) is 25.2 Å². The van der Waals surface area contributed by atoms with Gasteiger partial charge in [0.15, 0.2) is 0 Å². The Morgan fingerprint density at radius 1 is 1.30 bits per heavy atom. The van der Waals surface area contributed by atoms with Crippen molar-refractivity contribution < 1.29 is 19.5 Å². The number of nitrogens with zero attached hydrogens (tertiary/aromatic N) is 1. The number of aliphatic hydroxyl groups is 1. The molecule has 20 heavy (non-hydrogen) atoms. The fourth-order valence-corrected chi connectivity index (χ4v) is 1.71. The summed E-state index contributed by atoms with van der Waals surface area (Å²) >= 11 is 0. The van der Waals surface area contributed by atoms with Crippen molar-refractivity contribution in [3.05, 3.63) is 39.9 Å². The molecule has 1 aromatic carbocycles. The minimum Gasteiger partial charge on any atom is -0.396 e. The number of rotatable bonds is 9. The van der Waals surface area contributed by atoms with Gasteiger partial charge in [-0.3, -0.25) is 10.1 Å². The quantitative estimate of drug-likeness (QED) is 0.427. The van der Waals surface area contributed by atoms with Crippen LogP contribution in [-0.2, 0) is 16.1 Å². The highest BCUT2D eigenvalue weighted by molar-refractivity contribution is 5.39. The molecule has 0 radical (unpaired) electrons. The van der Waals surface area contributed by atoms with E-state index in [2.05, 4.69) is 0 Å². The molecular formula is C14H21NO5. The maximum absolute atomic E-state index is 10.8. The lowest BCUT2D eigenvalue weighted by molar-refractivity contribution is -0.386. The summed E-state index contributed by atoms with van der Waals surface area (Å²) < 4.78 is 11.0. The number of para-hydroxylation sites is 1. The van der Waals surface area contributed by atoms with E-state index in [1.807, 2.05) is 13.8 Å². The van der Waals surface area contributed by atoms with E-state index < -0.39 is 10.5 Å². The molecule has 0 aliphatic carbocycles. The third-order valence-corrected chi connectivity index (χ3v) is 2.88. The first kappa shape index (κ1) is 16.6. The first-order valence-electron chi connectivity index (χ1n) is 6.51. The summed E-state index contributed by atoms with van der Waals surface area (Å²) in [4.78, 5) is 10.4. The molecule has 0 aliphatic rings. The number of nitro groups is 1. The summed E-state index contributed by atoms with van der Waals surface area (Å²) in [6.45, 7) is 4.77. The molecule has 0 spiro atoms. The van der Waals surface area contributed by atoms with Gasteiger partial charge in [-0.25, -0.2) is 0 Å². The smallest absolute Gasteiger partial charge is 0.274 e. The van der Waals surface area contributed by atoms with E-state index >= 15 is 0 Å². The van der Waals surface area contributed by atoms with E-state index in [4.69, 9.17) is 14.6 Å². The number of hydrogen-bond donors (Lipinski definition) is 1. The predicted octanol–water partition coefficient (Wildman–Crippen LogP) is 2.29. The number of aliphatic hydroxyl groups excluding tert-OH is 1. The Kier molecular flexibility index (Phi) is 6.57. The van der Waals surface area contributed by atoms with E-state index in [1.165, 1.54) is 6.07 Å². The Morgan fingerprint density at radius 2 is 2.00 bits per heavy atom. The van der Waals surface area contributed by atoms with Gasteiger partial charge in [-0.15, -0.1) is 0 Å². The lowest BCUT2D eigenvalue weighted by Gasteiger charge is -2.24. The summed E-state index contributed by atoms with van der Waals surface area (Å²) in [5, 5.41) is 19.7. The molecule has 0 unspecified atom stereocenters. The lowest BCUT2D eigenvalue weighted by atomic mass is 10.1. The third kappa shape index (κ3) is 5.64. The maximum Gasteiger partial charge on any atom is 0.274 e. The predicted molar refractivity (Wildman–Crippen MR) is 74.5 cm³/mol. The molecule has 0 heterocycles. The topological polar surface area (TPSA) is 81.8 Å². The average Bonchev–Trinajstić information content (AvgIpc) is 2.38. The van der Waals surface area contributed by atoms with Crippen molar-refractivity contribution in [3.63, 3.8) is 0 Å². The molecule has 0 saturated heterocycles. The molecule has 0 bridgehead atoms. The Labute approximate surface area is 118 Å². The molecule has 0 fully saturated rings. The zero-order chi connectivity index (χ0) is 15.0.